The number of anilines is 4. The molecule has 0 radical (unpaired) electrons. The molecule has 156 valence electrons. The van der Waals surface area contributed by atoms with Crippen molar-refractivity contribution in [1.82, 2.24) is 20.2 Å². The molecule has 0 atom stereocenters. The highest BCUT2D eigenvalue weighted by Gasteiger charge is 2.23. The van der Waals surface area contributed by atoms with E-state index >= 15 is 0 Å². The van der Waals surface area contributed by atoms with Gasteiger partial charge in [0.05, 0.1) is 29.8 Å². The second kappa shape index (κ2) is 6.81. The highest BCUT2D eigenvalue weighted by Crippen LogP contribution is 2.44. The number of benzene rings is 2. The molecule has 1 fully saturated rings. The number of morpholine rings is 1. The van der Waals surface area contributed by atoms with Crippen molar-refractivity contribution in [1.29, 1.82) is 0 Å². The van der Waals surface area contributed by atoms with Crippen molar-refractivity contribution in [2.24, 2.45) is 0 Å². The molecule has 0 bridgehead atoms. The third-order valence-corrected chi connectivity index (χ3v) is 5.43. The lowest BCUT2D eigenvalue weighted by Gasteiger charge is -2.28. The summed E-state index contributed by atoms with van der Waals surface area (Å²) in [5.74, 6) is 1.94. The summed E-state index contributed by atoms with van der Waals surface area (Å²) in [7, 11) is 0. The standard InChI is InChI=1S/C21H18FN7O2/c22-12-2-1-3-15-19(12)26-20-18-14(27-28-20)8-11(9-16(18)31-15)13-10-17(25-21(23)24-13)29-4-6-30-7-5-29/h1-3,8-10H,4-7H2,(H2,23,24,25)(H2,26,27,28). The lowest BCUT2D eigenvalue weighted by Crippen LogP contribution is -2.36. The Morgan fingerprint density at radius 3 is 2.81 bits per heavy atom. The highest BCUT2D eigenvalue weighted by molar-refractivity contribution is 6.00. The number of ether oxygens (including phenoxy) is 2. The van der Waals surface area contributed by atoms with E-state index in [-0.39, 0.29) is 11.6 Å². The number of para-hydroxylation sites is 1. The van der Waals surface area contributed by atoms with Gasteiger partial charge in [-0.2, -0.15) is 10.1 Å². The van der Waals surface area contributed by atoms with Gasteiger partial charge in [-0.05, 0) is 24.3 Å². The zero-order valence-electron chi connectivity index (χ0n) is 16.4. The van der Waals surface area contributed by atoms with Gasteiger partial charge in [0.25, 0.3) is 0 Å². The van der Waals surface area contributed by atoms with Gasteiger partial charge in [0, 0.05) is 24.7 Å². The normalized spacial score (nSPS) is 15.2. The van der Waals surface area contributed by atoms with Gasteiger partial charge >= 0.3 is 0 Å². The average molecular weight is 419 g/mol. The number of rotatable bonds is 2. The van der Waals surface area contributed by atoms with Crippen LogP contribution in [0.4, 0.5) is 27.7 Å². The molecule has 0 spiro atoms. The summed E-state index contributed by atoms with van der Waals surface area (Å²) in [5, 5.41) is 11.1. The number of nitrogens with one attached hydrogen (secondary N) is 2. The Balaban J connectivity index is 1.48. The molecule has 2 aromatic heterocycles. The number of H-pyrrole nitrogens is 1. The molecule has 0 aliphatic carbocycles. The fourth-order valence-electron chi connectivity index (χ4n) is 3.94. The summed E-state index contributed by atoms with van der Waals surface area (Å²) in [6, 6.07) is 10.4. The number of nitrogen functional groups attached to an aromatic ring is 1. The first-order valence-corrected chi connectivity index (χ1v) is 9.89. The monoisotopic (exact) mass is 419 g/mol. The van der Waals surface area contributed by atoms with E-state index < -0.39 is 5.82 Å². The molecule has 31 heavy (non-hydrogen) atoms. The number of fused-ring (bicyclic) bond motifs is 1. The van der Waals surface area contributed by atoms with Gasteiger partial charge in [0.1, 0.15) is 17.3 Å². The van der Waals surface area contributed by atoms with Gasteiger partial charge < -0.3 is 25.4 Å². The predicted molar refractivity (Wildman–Crippen MR) is 114 cm³/mol. The quantitative estimate of drug-likeness (QED) is 0.399. The number of aromatic amines is 1. The number of hydrogen-bond donors (Lipinski definition) is 3. The fraction of sp³-hybridized carbons (Fsp3) is 0.190. The summed E-state index contributed by atoms with van der Waals surface area (Å²) in [4.78, 5) is 10.9. The van der Waals surface area contributed by atoms with E-state index in [0.717, 1.165) is 35.4 Å². The van der Waals surface area contributed by atoms with Crippen molar-refractivity contribution < 1.29 is 13.9 Å². The molecular weight excluding hydrogens is 401 g/mol. The molecular formula is C21H18FN7O2. The van der Waals surface area contributed by atoms with Crippen molar-refractivity contribution in [3.05, 3.63) is 42.2 Å². The van der Waals surface area contributed by atoms with E-state index in [0.29, 0.717) is 36.2 Å². The van der Waals surface area contributed by atoms with E-state index in [2.05, 4.69) is 30.4 Å². The van der Waals surface area contributed by atoms with Crippen molar-refractivity contribution in [2.45, 2.75) is 0 Å². The van der Waals surface area contributed by atoms with Crippen LogP contribution in [0, 0.1) is 5.82 Å². The molecule has 4 heterocycles. The highest BCUT2D eigenvalue weighted by atomic mass is 19.1. The van der Waals surface area contributed by atoms with Crippen LogP contribution < -0.4 is 20.7 Å². The Morgan fingerprint density at radius 1 is 1.06 bits per heavy atom. The minimum absolute atomic E-state index is 0.185. The predicted octanol–water partition coefficient (Wildman–Crippen LogP) is 3.43. The maximum absolute atomic E-state index is 14.3. The van der Waals surface area contributed by atoms with Gasteiger partial charge in [0.15, 0.2) is 17.4 Å². The summed E-state index contributed by atoms with van der Waals surface area (Å²) in [5.41, 5.74) is 8.43. The Morgan fingerprint density at radius 2 is 1.94 bits per heavy atom. The summed E-state index contributed by atoms with van der Waals surface area (Å²) >= 11 is 0. The summed E-state index contributed by atoms with van der Waals surface area (Å²) in [6.45, 7) is 2.76. The second-order valence-corrected chi connectivity index (χ2v) is 7.38. The third kappa shape index (κ3) is 2.99. The van der Waals surface area contributed by atoms with Crippen LogP contribution in [0.15, 0.2) is 36.4 Å². The van der Waals surface area contributed by atoms with Crippen LogP contribution in [0.3, 0.4) is 0 Å². The molecule has 10 heteroatoms. The molecule has 9 nitrogen and oxygen atoms in total. The molecule has 4 N–H and O–H groups in total. The average Bonchev–Trinajstić information content (AvgIpc) is 3.11. The molecule has 2 aromatic carbocycles. The van der Waals surface area contributed by atoms with Crippen LogP contribution >= 0.6 is 0 Å². The van der Waals surface area contributed by atoms with E-state index in [9.17, 15) is 4.39 Å². The molecule has 2 aliphatic heterocycles. The molecule has 4 aromatic rings. The van der Waals surface area contributed by atoms with Crippen molar-refractivity contribution in [3.8, 4) is 22.8 Å². The maximum Gasteiger partial charge on any atom is 0.222 e. The second-order valence-electron chi connectivity index (χ2n) is 7.38. The van der Waals surface area contributed by atoms with Crippen LogP contribution in [0.1, 0.15) is 0 Å². The van der Waals surface area contributed by atoms with E-state index in [1.807, 2.05) is 18.2 Å². The van der Waals surface area contributed by atoms with Gasteiger partial charge in [-0.1, -0.05) is 6.07 Å². The molecule has 0 saturated carbocycles. The number of halogens is 1. The Hall–Kier alpha value is -3.92. The number of hydrogen-bond acceptors (Lipinski definition) is 8. The third-order valence-electron chi connectivity index (χ3n) is 5.43. The van der Waals surface area contributed by atoms with Crippen LogP contribution in [0.25, 0.3) is 22.2 Å². The Bertz CT molecular complexity index is 1320. The Labute approximate surface area is 176 Å². The van der Waals surface area contributed by atoms with Crippen LogP contribution in [0.5, 0.6) is 11.5 Å². The topological polar surface area (TPSA) is 114 Å². The molecule has 1 saturated heterocycles. The SMILES string of the molecule is Nc1nc(-c2cc3c4c(n[nH]c4c2)Nc2c(F)cccc2O3)cc(N2CCOCC2)n1. The van der Waals surface area contributed by atoms with Gasteiger partial charge in [-0.25, -0.2) is 9.37 Å². The lowest BCUT2D eigenvalue weighted by molar-refractivity contribution is 0.122. The van der Waals surface area contributed by atoms with E-state index in [1.165, 1.54) is 6.07 Å². The first-order valence-electron chi connectivity index (χ1n) is 9.89. The Kier molecular flexibility index (Phi) is 3.93. The number of nitrogens with two attached hydrogens (primary N) is 1. The first-order chi connectivity index (χ1) is 15.2. The fourth-order valence-corrected chi connectivity index (χ4v) is 3.94. The van der Waals surface area contributed by atoms with Gasteiger partial charge in [-0.15, -0.1) is 0 Å². The largest absolute Gasteiger partial charge is 0.454 e. The smallest absolute Gasteiger partial charge is 0.222 e. The van der Waals surface area contributed by atoms with Crippen LogP contribution in [0.2, 0.25) is 0 Å². The van der Waals surface area contributed by atoms with Crippen LogP contribution in [-0.4, -0.2) is 46.5 Å². The lowest BCUT2D eigenvalue weighted by atomic mass is 10.1. The van der Waals surface area contributed by atoms with Crippen LogP contribution in [-0.2, 0) is 4.74 Å². The molecule has 2 aliphatic rings. The zero-order valence-corrected chi connectivity index (χ0v) is 16.4. The molecule has 0 amide bonds. The van der Waals surface area contributed by atoms with Crippen molar-refractivity contribution in [3.63, 3.8) is 0 Å². The molecule has 0 unspecified atom stereocenters. The van der Waals surface area contributed by atoms with Gasteiger partial charge in [-0.3, -0.25) is 5.10 Å². The summed E-state index contributed by atoms with van der Waals surface area (Å²) < 4.78 is 25.9. The van der Waals surface area contributed by atoms with Crippen molar-refractivity contribution in [2.75, 3.05) is 42.3 Å². The summed E-state index contributed by atoms with van der Waals surface area (Å²) in [6.07, 6.45) is 0. The maximum atomic E-state index is 14.3. The number of aromatic nitrogens is 4. The van der Waals surface area contributed by atoms with Crippen molar-refractivity contribution >= 4 is 34.2 Å². The molecule has 6 rings (SSSR count). The zero-order chi connectivity index (χ0) is 20.9. The van der Waals surface area contributed by atoms with E-state index in [4.69, 9.17) is 15.2 Å². The number of nitrogens with zero attached hydrogens (tertiary/aromatic N) is 4. The minimum Gasteiger partial charge on any atom is -0.454 e. The van der Waals surface area contributed by atoms with Gasteiger partial charge in [0.2, 0.25) is 5.95 Å². The first kappa shape index (κ1) is 17.9. The minimum atomic E-state index is -0.416. The van der Waals surface area contributed by atoms with E-state index in [1.54, 1.807) is 12.1 Å².